The van der Waals surface area contributed by atoms with Crippen molar-refractivity contribution in [2.45, 2.75) is 0 Å². The second-order valence-corrected chi connectivity index (χ2v) is 4.89. The van der Waals surface area contributed by atoms with Gasteiger partial charge in [-0.15, -0.1) is 5.10 Å². The number of anilines is 2. The maximum absolute atomic E-state index is 11.8. The number of nitrogen functional groups attached to an aromatic ring is 1. The largest absolute Gasteiger partial charge is 0.366 e. The lowest BCUT2D eigenvalue weighted by Crippen LogP contribution is -2.14. The molecular weight excluding hydrogens is 354 g/mol. The summed E-state index contributed by atoms with van der Waals surface area (Å²) in [6, 6.07) is 5.43. The van der Waals surface area contributed by atoms with Gasteiger partial charge in [-0.25, -0.2) is 0 Å². The minimum absolute atomic E-state index is 0.0310. The zero-order valence-electron chi connectivity index (χ0n) is 8.37. The number of nitrogens with one attached hydrogen (secondary N) is 2. The molecule has 1 aromatic heterocycles. The predicted octanol–water partition coefficient (Wildman–Crippen LogP) is 2.16. The zero-order valence-corrected chi connectivity index (χ0v) is 11.5. The van der Waals surface area contributed by atoms with Gasteiger partial charge >= 0.3 is 0 Å². The normalized spacial score (nSPS) is 10.2. The van der Waals surface area contributed by atoms with Gasteiger partial charge in [0.1, 0.15) is 0 Å². The van der Waals surface area contributed by atoms with Crippen LogP contribution in [0.5, 0.6) is 0 Å². The first-order valence-electron chi connectivity index (χ1n) is 4.50. The second kappa shape index (κ2) is 4.84. The molecule has 4 N–H and O–H groups in total. The smallest absolute Gasteiger partial charge is 0.293 e. The first kappa shape index (κ1) is 12.1. The maximum Gasteiger partial charge on any atom is 0.293 e. The van der Waals surface area contributed by atoms with Crippen molar-refractivity contribution < 1.29 is 4.79 Å². The molecule has 8 heteroatoms. The van der Waals surface area contributed by atoms with Gasteiger partial charge in [-0.3, -0.25) is 9.89 Å². The highest BCUT2D eigenvalue weighted by molar-refractivity contribution is 9.11. The average Bonchev–Trinajstić information content (AvgIpc) is 2.70. The molecule has 0 aliphatic heterocycles. The number of benzene rings is 1. The average molecular weight is 361 g/mol. The van der Waals surface area contributed by atoms with Crippen LogP contribution in [0.1, 0.15) is 10.6 Å². The highest BCUT2D eigenvalue weighted by atomic mass is 79.9. The lowest BCUT2D eigenvalue weighted by atomic mass is 10.3. The van der Waals surface area contributed by atoms with Crippen LogP contribution >= 0.6 is 31.9 Å². The third-order valence-electron chi connectivity index (χ3n) is 1.89. The van der Waals surface area contributed by atoms with Crippen molar-refractivity contribution in [2.75, 3.05) is 11.1 Å². The molecule has 1 amide bonds. The van der Waals surface area contributed by atoms with Crippen molar-refractivity contribution in [3.8, 4) is 0 Å². The van der Waals surface area contributed by atoms with E-state index in [-0.39, 0.29) is 11.8 Å². The van der Waals surface area contributed by atoms with E-state index in [0.717, 1.165) is 8.95 Å². The number of aromatic nitrogens is 3. The fourth-order valence-electron chi connectivity index (χ4n) is 1.15. The van der Waals surface area contributed by atoms with E-state index in [0.29, 0.717) is 5.69 Å². The van der Waals surface area contributed by atoms with Gasteiger partial charge in [-0.05, 0) is 34.1 Å². The number of H-pyrrole nitrogens is 1. The highest BCUT2D eigenvalue weighted by Crippen LogP contribution is 2.26. The Morgan fingerprint density at radius 1 is 1.41 bits per heavy atom. The first-order chi connectivity index (χ1) is 8.06. The predicted molar refractivity (Wildman–Crippen MR) is 70.6 cm³/mol. The van der Waals surface area contributed by atoms with Crippen LogP contribution in [-0.4, -0.2) is 21.1 Å². The lowest BCUT2D eigenvalue weighted by Gasteiger charge is -2.05. The quantitative estimate of drug-likeness (QED) is 0.764. The number of carbonyl (C=O) groups is 1. The summed E-state index contributed by atoms with van der Waals surface area (Å²) in [6.45, 7) is 0. The molecule has 88 valence electrons. The Labute approximate surface area is 113 Å². The molecule has 0 atom stereocenters. The summed E-state index contributed by atoms with van der Waals surface area (Å²) in [5.41, 5.74) is 5.94. The van der Waals surface area contributed by atoms with Gasteiger partial charge in [-0.2, -0.15) is 4.98 Å². The number of halogens is 2. The topological polar surface area (TPSA) is 96.7 Å². The minimum atomic E-state index is -0.409. The standard InChI is InChI=1S/C9H7Br2N5O/c10-4-1-2-5(11)6(3-4)13-8(17)7-14-9(12)16-15-7/h1-3H,(H,13,17)(H3,12,14,15,16). The fourth-order valence-corrected chi connectivity index (χ4v) is 1.86. The van der Waals surface area contributed by atoms with Crippen molar-refractivity contribution in [3.63, 3.8) is 0 Å². The monoisotopic (exact) mass is 359 g/mol. The van der Waals surface area contributed by atoms with Crippen molar-refractivity contribution in [3.05, 3.63) is 33.0 Å². The third-order valence-corrected chi connectivity index (χ3v) is 3.08. The third kappa shape index (κ3) is 2.83. The molecule has 0 saturated carbocycles. The number of hydrogen-bond acceptors (Lipinski definition) is 4. The molecular formula is C9H7Br2N5O. The van der Waals surface area contributed by atoms with E-state index in [1.165, 1.54) is 0 Å². The van der Waals surface area contributed by atoms with E-state index in [2.05, 4.69) is 52.4 Å². The summed E-state index contributed by atoms with van der Waals surface area (Å²) in [5, 5.41) is 8.69. The number of nitrogens with zero attached hydrogens (tertiary/aromatic N) is 2. The SMILES string of the molecule is Nc1n[nH]c(C(=O)Nc2cc(Br)ccc2Br)n1. The van der Waals surface area contributed by atoms with Crippen LogP contribution < -0.4 is 11.1 Å². The van der Waals surface area contributed by atoms with Gasteiger partial charge in [0, 0.05) is 8.95 Å². The number of aromatic amines is 1. The van der Waals surface area contributed by atoms with Crippen LogP contribution in [0, 0.1) is 0 Å². The molecule has 0 aliphatic carbocycles. The Hall–Kier alpha value is -1.41. The molecule has 17 heavy (non-hydrogen) atoms. The summed E-state index contributed by atoms with van der Waals surface area (Å²) >= 11 is 6.65. The molecule has 2 rings (SSSR count). The Morgan fingerprint density at radius 2 is 2.18 bits per heavy atom. The van der Waals surface area contributed by atoms with Crippen LogP contribution in [-0.2, 0) is 0 Å². The number of nitrogens with two attached hydrogens (primary N) is 1. The summed E-state index contributed by atoms with van der Waals surface area (Å²) in [6.07, 6.45) is 0. The number of carbonyl (C=O) groups excluding carboxylic acids is 1. The molecule has 0 aliphatic rings. The minimum Gasteiger partial charge on any atom is -0.366 e. The first-order valence-corrected chi connectivity index (χ1v) is 6.09. The molecule has 0 unspecified atom stereocenters. The second-order valence-electron chi connectivity index (χ2n) is 3.12. The van der Waals surface area contributed by atoms with E-state index in [4.69, 9.17) is 5.73 Å². The number of rotatable bonds is 2. The van der Waals surface area contributed by atoms with Crippen LogP contribution in [0.2, 0.25) is 0 Å². The zero-order chi connectivity index (χ0) is 12.4. The Bertz CT molecular complexity index is 568. The molecule has 1 heterocycles. The van der Waals surface area contributed by atoms with E-state index in [1.807, 2.05) is 12.1 Å². The van der Waals surface area contributed by atoms with Gasteiger partial charge in [0.05, 0.1) is 5.69 Å². The molecule has 2 aromatic rings. The van der Waals surface area contributed by atoms with Crippen molar-refractivity contribution in [2.24, 2.45) is 0 Å². The van der Waals surface area contributed by atoms with Crippen LogP contribution in [0.25, 0.3) is 0 Å². The molecule has 0 bridgehead atoms. The highest BCUT2D eigenvalue weighted by Gasteiger charge is 2.12. The molecule has 6 nitrogen and oxygen atoms in total. The lowest BCUT2D eigenvalue weighted by molar-refractivity contribution is 0.101. The van der Waals surface area contributed by atoms with E-state index >= 15 is 0 Å². The van der Waals surface area contributed by atoms with Crippen LogP contribution in [0.15, 0.2) is 27.1 Å². The molecule has 0 fully saturated rings. The molecule has 0 radical (unpaired) electrons. The Kier molecular flexibility index (Phi) is 3.43. The van der Waals surface area contributed by atoms with Crippen molar-refractivity contribution in [1.82, 2.24) is 15.2 Å². The molecule has 1 aromatic carbocycles. The van der Waals surface area contributed by atoms with Gasteiger partial charge in [0.15, 0.2) is 0 Å². The number of amides is 1. The fraction of sp³-hybridized carbons (Fsp3) is 0. The Balaban J connectivity index is 2.21. The molecule has 0 spiro atoms. The van der Waals surface area contributed by atoms with E-state index in [9.17, 15) is 4.79 Å². The summed E-state index contributed by atoms with van der Waals surface area (Å²) < 4.78 is 1.62. The summed E-state index contributed by atoms with van der Waals surface area (Å²) in [5.74, 6) is -0.314. The van der Waals surface area contributed by atoms with Gasteiger partial charge in [0.25, 0.3) is 5.91 Å². The van der Waals surface area contributed by atoms with Crippen molar-refractivity contribution in [1.29, 1.82) is 0 Å². The maximum atomic E-state index is 11.8. The van der Waals surface area contributed by atoms with Gasteiger partial charge in [0.2, 0.25) is 11.8 Å². The van der Waals surface area contributed by atoms with Gasteiger partial charge in [-0.1, -0.05) is 15.9 Å². The van der Waals surface area contributed by atoms with Crippen LogP contribution in [0.4, 0.5) is 11.6 Å². The van der Waals surface area contributed by atoms with E-state index < -0.39 is 5.91 Å². The van der Waals surface area contributed by atoms with E-state index in [1.54, 1.807) is 6.07 Å². The van der Waals surface area contributed by atoms with Crippen molar-refractivity contribution >= 4 is 49.4 Å². The summed E-state index contributed by atoms with van der Waals surface area (Å²) in [4.78, 5) is 15.5. The number of hydrogen-bond donors (Lipinski definition) is 3. The van der Waals surface area contributed by atoms with Crippen LogP contribution in [0.3, 0.4) is 0 Å². The Morgan fingerprint density at radius 3 is 2.82 bits per heavy atom. The summed E-state index contributed by atoms with van der Waals surface area (Å²) in [7, 11) is 0. The molecule has 0 saturated heterocycles. The van der Waals surface area contributed by atoms with Gasteiger partial charge < -0.3 is 11.1 Å².